The first kappa shape index (κ1) is 39.2. The maximum Gasteiger partial charge on any atom is 0.267 e. The van der Waals surface area contributed by atoms with Crippen molar-refractivity contribution in [2.75, 3.05) is 46.2 Å². The molecule has 0 heterocycles. The molecule has 262 valence electrons. The maximum atomic E-state index is 12.4. The van der Waals surface area contributed by atoms with Gasteiger partial charge >= 0.3 is 0 Å². The molecule has 0 saturated carbocycles. The zero-order valence-corrected chi connectivity index (χ0v) is 30.4. The van der Waals surface area contributed by atoms with Crippen molar-refractivity contribution in [3.63, 3.8) is 0 Å². The van der Waals surface area contributed by atoms with Gasteiger partial charge in [-0.2, -0.15) is 0 Å². The number of hydrogen-bond donors (Lipinski definition) is 2. The van der Waals surface area contributed by atoms with Crippen LogP contribution in [-0.4, -0.2) is 63.1 Å². The number of ether oxygens (including phenoxy) is 1. The van der Waals surface area contributed by atoms with Crippen LogP contribution >= 0.6 is 0 Å². The molecule has 0 aromatic heterocycles. The number of Topliss-reactive ketones (excluding diaryl/α,β-unsaturated/α-hetero) is 1. The first-order valence-corrected chi connectivity index (χ1v) is 16.9. The van der Waals surface area contributed by atoms with Gasteiger partial charge in [0.15, 0.2) is 5.78 Å². The highest BCUT2D eigenvalue weighted by Crippen LogP contribution is 2.35. The first-order chi connectivity index (χ1) is 24.0. The van der Waals surface area contributed by atoms with Crippen LogP contribution in [0.5, 0.6) is 5.75 Å². The summed E-state index contributed by atoms with van der Waals surface area (Å²) in [5.74, 6) is 0.0264. The number of anilines is 1. The van der Waals surface area contributed by atoms with E-state index in [0.29, 0.717) is 12.2 Å². The van der Waals surface area contributed by atoms with E-state index in [1.54, 1.807) is 19.1 Å². The van der Waals surface area contributed by atoms with Crippen LogP contribution in [-0.2, 0) is 4.79 Å². The van der Waals surface area contributed by atoms with E-state index in [0.717, 1.165) is 30.0 Å². The number of benzene rings is 4. The van der Waals surface area contributed by atoms with Crippen molar-refractivity contribution >= 4 is 28.5 Å². The lowest BCUT2D eigenvalue weighted by molar-refractivity contribution is -0.124. The van der Waals surface area contributed by atoms with E-state index >= 15 is 0 Å². The van der Waals surface area contributed by atoms with Gasteiger partial charge in [0, 0.05) is 43.9 Å². The minimum absolute atomic E-state index is 0.0182. The van der Waals surface area contributed by atoms with Crippen molar-refractivity contribution in [2.45, 2.75) is 27.2 Å². The summed E-state index contributed by atoms with van der Waals surface area (Å²) in [6.45, 7) is 7.43. The Morgan fingerprint density at radius 3 is 1.82 bits per heavy atom. The monoisotopic (exact) mass is 673 g/mol. The molecule has 0 aliphatic rings. The van der Waals surface area contributed by atoms with Gasteiger partial charge in [-0.05, 0) is 91.7 Å². The zero-order chi connectivity index (χ0) is 36.5. The SMILES string of the molecule is CC(/C=C/C(=O)NO)=C\[C@@H](C)C(=O)c1ccc(N(C)C)cc1.CC/C(=C(\c1ccccc1)c1ccc(OCCN(C)C)cc1)c1ccccc1. The van der Waals surface area contributed by atoms with Crippen LogP contribution in [0.25, 0.3) is 11.1 Å². The number of likely N-dealkylation sites (N-methyl/N-ethyl adjacent to an activating group) is 1. The van der Waals surface area contributed by atoms with Gasteiger partial charge in [0.05, 0.1) is 0 Å². The lowest BCUT2D eigenvalue weighted by atomic mass is 9.88. The minimum atomic E-state index is -0.606. The average Bonchev–Trinajstić information content (AvgIpc) is 3.13. The van der Waals surface area contributed by atoms with E-state index in [1.807, 2.05) is 50.2 Å². The summed E-state index contributed by atoms with van der Waals surface area (Å²) in [6, 6.07) is 37.3. The van der Waals surface area contributed by atoms with Crippen LogP contribution in [0.1, 0.15) is 54.2 Å². The van der Waals surface area contributed by atoms with Gasteiger partial charge in [-0.3, -0.25) is 14.8 Å². The Bertz CT molecular complexity index is 1720. The lowest BCUT2D eigenvalue weighted by Crippen LogP contribution is -2.19. The van der Waals surface area contributed by atoms with E-state index in [4.69, 9.17) is 9.94 Å². The standard InChI is InChI=1S/C26H29NO.C17H22N2O3/c1-4-25(21-11-7-5-8-12-21)26(22-13-9-6-10-14-22)23-15-17-24(18-16-23)28-20-19-27(2)3;1-12(5-10-16(20)18-22)11-13(2)17(21)14-6-8-15(9-7-14)19(3)4/h5-18H,4,19-20H2,1-3H3;5-11,13,22H,1-4H3,(H,18,20)/b26-25-;10-5+,12-11+/t;13-/m.1/s1. The summed E-state index contributed by atoms with van der Waals surface area (Å²) in [5.41, 5.74) is 10.3. The number of amides is 1. The predicted molar refractivity (Wildman–Crippen MR) is 207 cm³/mol. The third kappa shape index (κ3) is 12.3. The Kier molecular flexibility index (Phi) is 15.9. The van der Waals surface area contributed by atoms with Crippen LogP contribution in [0, 0.1) is 5.92 Å². The molecule has 2 N–H and O–H groups in total. The molecule has 0 aliphatic heterocycles. The average molecular weight is 674 g/mol. The maximum absolute atomic E-state index is 12.4. The van der Waals surface area contributed by atoms with Crippen LogP contribution in [0.2, 0.25) is 0 Å². The highest BCUT2D eigenvalue weighted by Gasteiger charge is 2.14. The molecule has 1 atom stereocenters. The van der Waals surface area contributed by atoms with Crippen LogP contribution in [0.15, 0.2) is 133 Å². The highest BCUT2D eigenvalue weighted by molar-refractivity contribution is 5.99. The fourth-order valence-electron chi connectivity index (χ4n) is 5.31. The molecule has 4 aromatic rings. The molecule has 7 nitrogen and oxygen atoms in total. The summed E-state index contributed by atoms with van der Waals surface area (Å²) in [7, 11) is 8.00. The summed E-state index contributed by atoms with van der Waals surface area (Å²) in [5, 5.41) is 8.40. The summed E-state index contributed by atoms with van der Waals surface area (Å²) in [4.78, 5) is 27.3. The largest absolute Gasteiger partial charge is 0.492 e. The fraction of sp³-hybridized carbons (Fsp3) is 0.256. The molecule has 1 amide bonds. The smallest absolute Gasteiger partial charge is 0.267 e. The number of hydrogen-bond acceptors (Lipinski definition) is 6. The van der Waals surface area contributed by atoms with Gasteiger partial charge in [-0.15, -0.1) is 0 Å². The Morgan fingerprint density at radius 1 is 0.760 bits per heavy atom. The number of nitrogens with one attached hydrogen (secondary N) is 1. The third-order valence-electron chi connectivity index (χ3n) is 7.99. The van der Waals surface area contributed by atoms with E-state index in [1.165, 1.54) is 39.4 Å². The molecule has 0 aliphatic carbocycles. The molecule has 0 saturated heterocycles. The molecule has 0 fully saturated rings. The summed E-state index contributed by atoms with van der Waals surface area (Å²) < 4.78 is 5.87. The zero-order valence-electron chi connectivity index (χ0n) is 30.4. The van der Waals surface area contributed by atoms with Gasteiger partial charge in [0.25, 0.3) is 5.91 Å². The van der Waals surface area contributed by atoms with Gasteiger partial charge < -0.3 is 14.5 Å². The third-order valence-corrected chi connectivity index (χ3v) is 7.99. The molecule has 0 spiro atoms. The van der Waals surface area contributed by atoms with Crippen molar-refractivity contribution in [1.82, 2.24) is 10.4 Å². The van der Waals surface area contributed by atoms with Crippen molar-refractivity contribution in [3.05, 3.63) is 155 Å². The topological polar surface area (TPSA) is 82.1 Å². The number of hydroxylamine groups is 1. The molecular weight excluding hydrogens is 622 g/mol. The summed E-state index contributed by atoms with van der Waals surface area (Å²) >= 11 is 0. The Morgan fingerprint density at radius 2 is 1.30 bits per heavy atom. The number of ketones is 1. The second-order valence-corrected chi connectivity index (χ2v) is 12.4. The molecule has 0 radical (unpaired) electrons. The number of allylic oxidation sites excluding steroid dienone is 4. The van der Waals surface area contributed by atoms with Crippen molar-refractivity contribution in [3.8, 4) is 5.75 Å². The first-order valence-electron chi connectivity index (χ1n) is 16.9. The molecule has 0 unspecified atom stereocenters. The van der Waals surface area contributed by atoms with E-state index < -0.39 is 5.91 Å². The molecule has 4 rings (SSSR count). The minimum Gasteiger partial charge on any atom is -0.492 e. The number of carbonyl (C=O) groups excluding carboxylic acids is 2. The van der Waals surface area contributed by atoms with Crippen LogP contribution in [0.4, 0.5) is 5.69 Å². The normalized spacial score (nSPS) is 12.5. The lowest BCUT2D eigenvalue weighted by Gasteiger charge is -2.17. The van der Waals surface area contributed by atoms with Crippen molar-refractivity contribution < 1.29 is 19.5 Å². The van der Waals surface area contributed by atoms with Crippen molar-refractivity contribution in [2.24, 2.45) is 5.92 Å². The second-order valence-electron chi connectivity index (χ2n) is 12.4. The molecular formula is C43H51N3O4. The Balaban J connectivity index is 0.000000279. The number of nitrogens with zero attached hydrogens (tertiary/aromatic N) is 2. The number of rotatable bonds is 14. The molecule has 4 aromatic carbocycles. The Labute approximate surface area is 298 Å². The number of carbonyl (C=O) groups is 2. The van der Waals surface area contributed by atoms with Crippen molar-refractivity contribution in [1.29, 1.82) is 0 Å². The van der Waals surface area contributed by atoms with E-state index in [2.05, 4.69) is 111 Å². The van der Waals surface area contributed by atoms with Gasteiger partial charge in [-0.1, -0.05) is 104 Å². The predicted octanol–water partition coefficient (Wildman–Crippen LogP) is 8.58. The molecule has 0 bridgehead atoms. The van der Waals surface area contributed by atoms with Crippen LogP contribution in [0.3, 0.4) is 0 Å². The van der Waals surface area contributed by atoms with E-state index in [-0.39, 0.29) is 11.7 Å². The molecule has 50 heavy (non-hydrogen) atoms. The fourth-order valence-corrected chi connectivity index (χ4v) is 5.31. The Hall–Kier alpha value is -5.24. The van der Waals surface area contributed by atoms with Gasteiger partial charge in [0.2, 0.25) is 0 Å². The quantitative estimate of drug-likeness (QED) is 0.0349. The van der Waals surface area contributed by atoms with Crippen LogP contribution < -0.4 is 15.1 Å². The molecule has 7 heteroatoms. The van der Waals surface area contributed by atoms with Gasteiger partial charge in [-0.25, -0.2) is 5.48 Å². The van der Waals surface area contributed by atoms with E-state index in [9.17, 15) is 9.59 Å². The van der Waals surface area contributed by atoms with Gasteiger partial charge in [0.1, 0.15) is 12.4 Å². The second kappa shape index (κ2) is 20.3. The summed E-state index contributed by atoms with van der Waals surface area (Å²) in [6.07, 6.45) is 5.50. The highest BCUT2D eigenvalue weighted by atomic mass is 16.5.